The van der Waals surface area contributed by atoms with Gasteiger partial charge in [-0.15, -0.1) is 11.3 Å². The summed E-state index contributed by atoms with van der Waals surface area (Å²) < 4.78 is 0. The van der Waals surface area contributed by atoms with Crippen LogP contribution in [0.4, 0.5) is 0 Å². The van der Waals surface area contributed by atoms with Crippen molar-refractivity contribution in [3.8, 4) is 0 Å². The Labute approximate surface area is 109 Å². The largest absolute Gasteiger partial charge is 0.396 e. The Kier molecular flexibility index (Phi) is 7.49. The zero-order valence-electron chi connectivity index (χ0n) is 11.0. The summed E-state index contributed by atoms with van der Waals surface area (Å²) in [4.78, 5) is 1.44. The molecule has 0 bridgehead atoms. The van der Waals surface area contributed by atoms with Gasteiger partial charge in [0, 0.05) is 17.5 Å². The lowest BCUT2D eigenvalue weighted by Crippen LogP contribution is -2.25. The monoisotopic (exact) mass is 255 g/mol. The van der Waals surface area contributed by atoms with Crippen molar-refractivity contribution in [2.45, 2.75) is 45.6 Å². The minimum absolute atomic E-state index is 0.331. The summed E-state index contributed by atoms with van der Waals surface area (Å²) in [5, 5.41) is 14.5. The van der Waals surface area contributed by atoms with E-state index in [1.54, 1.807) is 0 Å². The Hall–Kier alpha value is -0.380. The highest BCUT2D eigenvalue weighted by molar-refractivity contribution is 7.10. The standard InChI is InChI=1S/C14H25NOS/c1-12(2)14(13-8-7-11-17-13)15-9-5-3-4-6-10-16/h7-8,11-12,14-16H,3-6,9-10H2,1-2H3. The minimum Gasteiger partial charge on any atom is -0.396 e. The number of aliphatic hydroxyl groups excluding tert-OH is 1. The fourth-order valence-electron chi connectivity index (χ4n) is 1.98. The van der Waals surface area contributed by atoms with Crippen LogP contribution >= 0.6 is 11.3 Å². The molecule has 2 nitrogen and oxygen atoms in total. The zero-order valence-corrected chi connectivity index (χ0v) is 11.8. The summed E-state index contributed by atoms with van der Waals surface area (Å²) in [6.07, 6.45) is 4.50. The first kappa shape index (κ1) is 14.7. The second kappa shape index (κ2) is 8.67. The van der Waals surface area contributed by atoms with Crippen molar-refractivity contribution in [1.29, 1.82) is 0 Å². The molecule has 1 atom stereocenters. The molecule has 1 unspecified atom stereocenters. The third kappa shape index (κ3) is 5.66. The first-order valence-electron chi connectivity index (χ1n) is 6.63. The number of hydrogen-bond donors (Lipinski definition) is 2. The van der Waals surface area contributed by atoms with Gasteiger partial charge in [-0.3, -0.25) is 0 Å². The van der Waals surface area contributed by atoms with Gasteiger partial charge < -0.3 is 10.4 Å². The van der Waals surface area contributed by atoms with Crippen LogP contribution in [0.25, 0.3) is 0 Å². The minimum atomic E-state index is 0.331. The van der Waals surface area contributed by atoms with Crippen LogP contribution in [-0.2, 0) is 0 Å². The third-order valence-corrected chi connectivity index (χ3v) is 3.92. The van der Waals surface area contributed by atoms with Gasteiger partial charge in [0.15, 0.2) is 0 Å². The van der Waals surface area contributed by atoms with E-state index in [-0.39, 0.29) is 0 Å². The van der Waals surface area contributed by atoms with E-state index in [0.717, 1.165) is 19.4 Å². The van der Waals surface area contributed by atoms with Crippen LogP contribution in [0.15, 0.2) is 17.5 Å². The van der Waals surface area contributed by atoms with Gasteiger partial charge in [-0.25, -0.2) is 0 Å². The molecule has 0 amide bonds. The lowest BCUT2D eigenvalue weighted by Gasteiger charge is -2.21. The Morgan fingerprint density at radius 3 is 2.59 bits per heavy atom. The van der Waals surface area contributed by atoms with E-state index < -0.39 is 0 Å². The van der Waals surface area contributed by atoms with Crippen molar-refractivity contribution < 1.29 is 5.11 Å². The molecule has 1 aromatic heterocycles. The van der Waals surface area contributed by atoms with E-state index >= 15 is 0 Å². The summed E-state index contributed by atoms with van der Waals surface area (Å²) in [5.74, 6) is 0.631. The van der Waals surface area contributed by atoms with Crippen molar-refractivity contribution in [2.24, 2.45) is 5.92 Å². The van der Waals surface area contributed by atoms with Crippen LogP contribution in [-0.4, -0.2) is 18.3 Å². The fourth-order valence-corrected chi connectivity index (χ4v) is 2.95. The molecule has 2 N–H and O–H groups in total. The molecule has 0 aliphatic carbocycles. The average Bonchev–Trinajstić information content (AvgIpc) is 2.81. The average molecular weight is 255 g/mol. The van der Waals surface area contributed by atoms with Crippen LogP contribution in [0.3, 0.4) is 0 Å². The topological polar surface area (TPSA) is 32.3 Å². The predicted octanol–water partition coefficient (Wildman–Crippen LogP) is 3.59. The maximum absolute atomic E-state index is 8.69. The Morgan fingerprint density at radius 1 is 1.24 bits per heavy atom. The Morgan fingerprint density at radius 2 is 2.00 bits per heavy atom. The lowest BCUT2D eigenvalue weighted by atomic mass is 10.0. The maximum Gasteiger partial charge on any atom is 0.0438 e. The SMILES string of the molecule is CC(C)C(NCCCCCCO)c1cccs1. The number of hydrogen-bond acceptors (Lipinski definition) is 3. The second-order valence-corrected chi connectivity index (χ2v) is 5.81. The molecule has 1 heterocycles. The quantitative estimate of drug-likeness (QED) is 0.661. The number of rotatable bonds is 9. The second-order valence-electron chi connectivity index (χ2n) is 4.83. The molecule has 0 saturated carbocycles. The van der Waals surface area contributed by atoms with Crippen LogP contribution in [0.2, 0.25) is 0 Å². The highest BCUT2D eigenvalue weighted by atomic mass is 32.1. The molecule has 0 spiro atoms. The molecular weight excluding hydrogens is 230 g/mol. The molecule has 0 fully saturated rings. The molecule has 0 saturated heterocycles. The molecule has 1 rings (SSSR count). The fraction of sp³-hybridized carbons (Fsp3) is 0.714. The van der Waals surface area contributed by atoms with Gasteiger partial charge in [-0.05, 0) is 36.8 Å². The van der Waals surface area contributed by atoms with E-state index in [1.165, 1.54) is 17.7 Å². The van der Waals surface area contributed by atoms with Gasteiger partial charge in [0.25, 0.3) is 0 Å². The molecule has 0 aromatic carbocycles. The number of aliphatic hydroxyl groups is 1. The molecule has 0 aliphatic rings. The Bertz CT molecular complexity index is 272. The predicted molar refractivity (Wildman–Crippen MR) is 75.5 cm³/mol. The summed E-state index contributed by atoms with van der Waals surface area (Å²) >= 11 is 1.84. The molecule has 0 aliphatic heterocycles. The maximum atomic E-state index is 8.69. The molecule has 0 radical (unpaired) electrons. The molecule has 3 heteroatoms. The van der Waals surface area contributed by atoms with Gasteiger partial charge in [-0.2, -0.15) is 0 Å². The van der Waals surface area contributed by atoms with Crippen molar-refractivity contribution >= 4 is 11.3 Å². The van der Waals surface area contributed by atoms with E-state index in [4.69, 9.17) is 5.11 Å². The van der Waals surface area contributed by atoms with Crippen LogP contribution < -0.4 is 5.32 Å². The number of thiophene rings is 1. The van der Waals surface area contributed by atoms with E-state index in [0.29, 0.717) is 18.6 Å². The summed E-state index contributed by atoms with van der Waals surface area (Å²) in [6.45, 7) is 5.94. The number of nitrogens with one attached hydrogen (secondary N) is 1. The highest BCUT2D eigenvalue weighted by Crippen LogP contribution is 2.25. The van der Waals surface area contributed by atoms with Gasteiger partial charge in [-0.1, -0.05) is 32.8 Å². The van der Waals surface area contributed by atoms with Crippen LogP contribution in [0, 0.1) is 5.92 Å². The Balaban J connectivity index is 2.22. The van der Waals surface area contributed by atoms with Gasteiger partial charge in [0.05, 0.1) is 0 Å². The summed E-state index contributed by atoms with van der Waals surface area (Å²) in [6, 6.07) is 4.83. The summed E-state index contributed by atoms with van der Waals surface area (Å²) in [5.41, 5.74) is 0. The van der Waals surface area contributed by atoms with Crippen molar-refractivity contribution in [2.75, 3.05) is 13.2 Å². The van der Waals surface area contributed by atoms with E-state index in [2.05, 4.69) is 36.7 Å². The van der Waals surface area contributed by atoms with Crippen molar-refractivity contribution in [3.63, 3.8) is 0 Å². The van der Waals surface area contributed by atoms with E-state index in [9.17, 15) is 0 Å². The van der Waals surface area contributed by atoms with Gasteiger partial charge in [0.2, 0.25) is 0 Å². The number of unbranched alkanes of at least 4 members (excludes halogenated alkanes) is 3. The normalized spacial score (nSPS) is 13.2. The zero-order chi connectivity index (χ0) is 12.5. The lowest BCUT2D eigenvalue weighted by molar-refractivity contribution is 0.282. The van der Waals surface area contributed by atoms with Gasteiger partial charge in [0.1, 0.15) is 0 Å². The van der Waals surface area contributed by atoms with Crippen LogP contribution in [0.5, 0.6) is 0 Å². The van der Waals surface area contributed by atoms with Crippen molar-refractivity contribution in [1.82, 2.24) is 5.32 Å². The molecule has 98 valence electrons. The van der Waals surface area contributed by atoms with Crippen molar-refractivity contribution in [3.05, 3.63) is 22.4 Å². The molecular formula is C14H25NOS. The highest BCUT2D eigenvalue weighted by Gasteiger charge is 2.15. The smallest absolute Gasteiger partial charge is 0.0438 e. The molecule has 1 aromatic rings. The van der Waals surface area contributed by atoms with E-state index in [1.807, 2.05) is 11.3 Å². The van der Waals surface area contributed by atoms with Crippen LogP contribution in [0.1, 0.15) is 50.4 Å². The molecule has 17 heavy (non-hydrogen) atoms. The summed E-state index contributed by atoms with van der Waals surface area (Å²) in [7, 11) is 0. The first-order chi connectivity index (χ1) is 8.25. The van der Waals surface area contributed by atoms with Gasteiger partial charge >= 0.3 is 0 Å². The first-order valence-corrected chi connectivity index (χ1v) is 7.51. The third-order valence-electron chi connectivity index (χ3n) is 2.97.